The van der Waals surface area contributed by atoms with Crippen molar-refractivity contribution in [3.05, 3.63) is 70.5 Å². The lowest BCUT2D eigenvalue weighted by atomic mass is 9.75. The summed E-state index contributed by atoms with van der Waals surface area (Å²) < 4.78 is 106. The van der Waals surface area contributed by atoms with Gasteiger partial charge in [0.1, 0.15) is 5.82 Å². The molecule has 2 saturated heterocycles. The van der Waals surface area contributed by atoms with Crippen molar-refractivity contribution in [2.45, 2.75) is 69.3 Å². The largest absolute Gasteiger partial charge is 0.416 e. The van der Waals surface area contributed by atoms with Crippen LogP contribution in [0.3, 0.4) is 0 Å². The second-order valence-corrected chi connectivity index (χ2v) is 9.44. The summed E-state index contributed by atoms with van der Waals surface area (Å²) in [4.78, 5) is 0. The fourth-order valence-corrected chi connectivity index (χ4v) is 5.21. The van der Waals surface area contributed by atoms with E-state index in [-0.39, 0.29) is 29.5 Å². The number of benzene rings is 2. The van der Waals surface area contributed by atoms with Gasteiger partial charge in [-0.2, -0.15) is 26.3 Å². The van der Waals surface area contributed by atoms with Crippen LogP contribution >= 0.6 is 0 Å². The van der Waals surface area contributed by atoms with Crippen molar-refractivity contribution >= 4 is 0 Å². The highest BCUT2D eigenvalue weighted by Crippen LogP contribution is 2.43. The molecule has 0 aromatic heterocycles. The fraction of sp³-hybridized carbons (Fsp3) is 0.538. The summed E-state index contributed by atoms with van der Waals surface area (Å²) in [5.74, 6) is -0.767. The van der Waals surface area contributed by atoms with Gasteiger partial charge in [0, 0.05) is 12.0 Å². The minimum Gasteiger partial charge on any atom is -0.352 e. The van der Waals surface area contributed by atoms with E-state index in [1.54, 1.807) is 12.1 Å². The highest BCUT2D eigenvalue weighted by molar-refractivity contribution is 5.35. The first-order chi connectivity index (χ1) is 16.9. The molecule has 5 atom stereocenters. The van der Waals surface area contributed by atoms with Crippen molar-refractivity contribution in [1.29, 1.82) is 0 Å². The molecule has 0 saturated carbocycles. The third-order valence-corrected chi connectivity index (χ3v) is 7.03. The van der Waals surface area contributed by atoms with Crippen molar-refractivity contribution in [2.75, 3.05) is 13.2 Å². The molecular formula is C26H28F7NO2. The smallest absolute Gasteiger partial charge is 0.352 e. The van der Waals surface area contributed by atoms with Gasteiger partial charge in [-0.05, 0) is 80.1 Å². The normalized spacial score (nSPS) is 26.6. The van der Waals surface area contributed by atoms with Crippen LogP contribution in [0.1, 0.15) is 66.9 Å². The van der Waals surface area contributed by atoms with Gasteiger partial charge < -0.3 is 14.8 Å². The summed E-state index contributed by atoms with van der Waals surface area (Å²) in [6.07, 6.45) is -8.26. The van der Waals surface area contributed by atoms with E-state index >= 15 is 0 Å². The van der Waals surface area contributed by atoms with Gasteiger partial charge in [0.2, 0.25) is 0 Å². The van der Waals surface area contributed by atoms with Crippen LogP contribution in [-0.2, 0) is 21.8 Å². The number of alkyl halides is 6. The number of rotatable bonds is 5. The molecule has 0 bridgehead atoms. The van der Waals surface area contributed by atoms with Crippen molar-refractivity contribution < 1.29 is 40.2 Å². The Morgan fingerprint density at radius 3 is 2.11 bits per heavy atom. The summed E-state index contributed by atoms with van der Waals surface area (Å²) in [6.45, 7) is 2.59. The van der Waals surface area contributed by atoms with Crippen LogP contribution in [0.15, 0.2) is 42.5 Å². The Bertz CT molecular complexity index is 984. The third kappa shape index (κ3) is 6.20. The van der Waals surface area contributed by atoms with Crippen molar-refractivity contribution in [2.24, 2.45) is 5.92 Å². The molecule has 5 unspecified atom stereocenters. The van der Waals surface area contributed by atoms with E-state index in [1.807, 2.05) is 0 Å². The lowest BCUT2D eigenvalue weighted by Crippen LogP contribution is -2.48. The Balaban J connectivity index is 1.66. The summed E-state index contributed by atoms with van der Waals surface area (Å²) in [5, 5.41) is 3.52. The molecule has 1 N–H and O–H groups in total. The second-order valence-electron chi connectivity index (χ2n) is 9.44. The fourth-order valence-electron chi connectivity index (χ4n) is 5.21. The van der Waals surface area contributed by atoms with E-state index in [9.17, 15) is 30.7 Å². The van der Waals surface area contributed by atoms with Gasteiger partial charge >= 0.3 is 12.4 Å². The first-order valence-electron chi connectivity index (χ1n) is 12.0. The van der Waals surface area contributed by atoms with Crippen LogP contribution in [0.4, 0.5) is 30.7 Å². The van der Waals surface area contributed by atoms with Gasteiger partial charge in [0.05, 0.1) is 23.8 Å². The molecule has 0 radical (unpaired) electrons. The molecule has 10 heteroatoms. The molecule has 2 fully saturated rings. The SMILES string of the molecule is CC(OC1OCCC(C2CCCCN2)C1c1ccc(F)cc1)c1cc(C(F)(F)F)cc(C(F)(F)F)c1. The molecule has 0 spiro atoms. The van der Waals surface area contributed by atoms with Crippen molar-refractivity contribution in [3.63, 3.8) is 0 Å². The lowest BCUT2D eigenvalue weighted by molar-refractivity contribution is -0.212. The van der Waals surface area contributed by atoms with Gasteiger partial charge in [-0.15, -0.1) is 0 Å². The Morgan fingerprint density at radius 1 is 0.917 bits per heavy atom. The zero-order chi connectivity index (χ0) is 26.1. The zero-order valence-electron chi connectivity index (χ0n) is 19.6. The minimum absolute atomic E-state index is 0.0361. The van der Waals surface area contributed by atoms with Crippen LogP contribution in [0.5, 0.6) is 0 Å². The molecule has 0 amide bonds. The molecule has 2 aromatic carbocycles. The minimum atomic E-state index is -4.95. The Hall–Kier alpha value is -2.17. The number of hydrogen-bond donors (Lipinski definition) is 1. The molecule has 2 heterocycles. The summed E-state index contributed by atoms with van der Waals surface area (Å²) in [5.41, 5.74) is -2.30. The van der Waals surface area contributed by atoms with Crippen LogP contribution in [0.25, 0.3) is 0 Å². The van der Waals surface area contributed by atoms with Crippen LogP contribution in [0.2, 0.25) is 0 Å². The van der Waals surface area contributed by atoms with Gasteiger partial charge in [-0.1, -0.05) is 18.6 Å². The molecule has 0 aliphatic carbocycles. The average molecular weight is 520 g/mol. The number of nitrogens with one attached hydrogen (secondary N) is 1. The highest BCUT2D eigenvalue weighted by atomic mass is 19.4. The highest BCUT2D eigenvalue weighted by Gasteiger charge is 2.42. The second kappa shape index (κ2) is 10.7. The van der Waals surface area contributed by atoms with E-state index in [4.69, 9.17) is 9.47 Å². The van der Waals surface area contributed by atoms with E-state index in [1.165, 1.54) is 19.1 Å². The lowest BCUT2D eigenvalue weighted by Gasteiger charge is -2.44. The maximum atomic E-state index is 13.6. The Morgan fingerprint density at radius 2 is 1.56 bits per heavy atom. The maximum Gasteiger partial charge on any atom is 0.416 e. The van der Waals surface area contributed by atoms with Gasteiger partial charge in [0.25, 0.3) is 0 Å². The Labute approximate surface area is 205 Å². The molecule has 4 rings (SSSR count). The molecular weight excluding hydrogens is 491 g/mol. The number of halogens is 7. The van der Waals surface area contributed by atoms with Crippen LogP contribution in [-0.4, -0.2) is 25.5 Å². The molecule has 2 aliphatic rings. The maximum absolute atomic E-state index is 13.6. The third-order valence-electron chi connectivity index (χ3n) is 7.03. The van der Waals surface area contributed by atoms with Gasteiger partial charge in [-0.3, -0.25) is 0 Å². The average Bonchev–Trinajstić information content (AvgIpc) is 2.84. The summed E-state index contributed by atoms with van der Waals surface area (Å²) in [6, 6.07) is 7.47. The quantitative estimate of drug-likeness (QED) is 0.423. The molecule has 2 aliphatic heterocycles. The van der Waals surface area contributed by atoms with E-state index in [0.717, 1.165) is 31.4 Å². The standard InChI is InChI=1S/C26H28F7NO2/c1-15(17-12-18(25(28,29)30)14-19(13-17)26(31,32)33)36-24-23(16-5-7-20(27)8-6-16)21(9-11-35-24)22-4-2-3-10-34-22/h5-8,12-15,21-24,34H,2-4,9-11H2,1H3. The summed E-state index contributed by atoms with van der Waals surface area (Å²) in [7, 11) is 0. The monoisotopic (exact) mass is 519 g/mol. The molecule has 198 valence electrons. The number of piperidine rings is 1. The summed E-state index contributed by atoms with van der Waals surface area (Å²) >= 11 is 0. The van der Waals surface area contributed by atoms with E-state index in [2.05, 4.69) is 5.32 Å². The van der Waals surface area contributed by atoms with Crippen molar-refractivity contribution in [3.8, 4) is 0 Å². The topological polar surface area (TPSA) is 30.5 Å². The number of ether oxygens (including phenoxy) is 2. The van der Waals surface area contributed by atoms with Crippen LogP contribution in [0, 0.1) is 11.7 Å². The predicted octanol–water partition coefficient (Wildman–Crippen LogP) is 7.23. The predicted molar refractivity (Wildman–Crippen MR) is 119 cm³/mol. The van der Waals surface area contributed by atoms with E-state index < -0.39 is 41.7 Å². The van der Waals surface area contributed by atoms with Crippen LogP contribution < -0.4 is 5.32 Å². The zero-order valence-corrected chi connectivity index (χ0v) is 19.6. The van der Waals surface area contributed by atoms with Gasteiger partial charge in [-0.25, -0.2) is 4.39 Å². The van der Waals surface area contributed by atoms with E-state index in [0.29, 0.717) is 25.2 Å². The van der Waals surface area contributed by atoms with Crippen molar-refractivity contribution in [1.82, 2.24) is 5.32 Å². The molecule has 3 nitrogen and oxygen atoms in total. The first kappa shape index (κ1) is 26.9. The Kier molecular flexibility index (Phi) is 7.97. The molecule has 36 heavy (non-hydrogen) atoms. The molecule has 2 aromatic rings. The first-order valence-corrected chi connectivity index (χ1v) is 12.0. The number of hydrogen-bond acceptors (Lipinski definition) is 3. The van der Waals surface area contributed by atoms with Gasteiger partial charge in [0.15, 0.2) is 6.29 Å².